The van der Waals surface area contributed by atoms with Gasteiger partial charge >= 0.3 is 0 Å². The van der Waals surface area contributed by atoms with Gasteiger partial charge in [-0.2, -0.15) is 5.26 Å². The summed E-state index contributed by atoms with van der Waals surface area (Å²) >= 11 is 5.89. The summed E-state index contributed by atoms with van der Waals surface area (Å²) in [5.74, 6) is -0.456. The van der Waals surface area contributed by atoms with E-state index in [0.717, 1.165) is 6.07 Å². The van der Waals surface area contributed by atoms with Crippen molar-refractivity contribution in [2.24, 2.45) is 0 Å². The number of halogens is 1. The van der Waals surface area contributed by atoms with Gasteiger partial charge in [0.2, 0.25) is 0 Å². The zero-order valence-corrected chi connectivity index (χ0v) is 11.3. The minimum Gasteiger partial charge on any atom is -0.321 e. The predicted octanol–water partition coefficient (Wildman–Crippen LogP) is 3.37. The minimum absolute atomic E-state index is 0.0639. The third-order valence-electron chi connectivity index (χ3n) is 2.67. The molecule has 0 spiro atoms. The number of nitrogens with one attached hydrogen (secondary N) is 1. The van der Waals surface area contributed by atoms with Crippen LogP contribution < -0.4 is 5.32 Å². The van der Waals surface area contributed by atoms with Crippen molar-refractivity contribution in [3.05, 3.63) is 68.7 Å². The monoisotopic (exact) mass is 301 g/mol. The molecule has 6 nitrogen and oxygen atoms in total. The van der Waals surface area contributed by atoms with Crippen LogP contribution in [0.15, 0.2) is 42.5 Å². The Bertz CT molecular complexity index is 768. The Labute approximate surface area is 124 Å². The topological polar surface area (TPSA) is 96.0 Å². The Morgan fingerprint density at radius 3 is 2.67 bits per heavy atom. The van der Waals surface area contributed by atoms with Gasteiger partial charge in [-0.05, 0) is 24.3 Å². The number of benzene rings is 2. The van der Waals surface area contributed by atoms with Crippen LogP contribution in [-0.4, -0.2) is 10.8 Å². The van der Waals surface area contributed by atoms with E-state index in [1.165, 1.54) is 18.2 Å². The molecule has 0 atom stereocenters. The number of nitrogens with zero attached hydrogens (tertiary/aromatic N) is 2. The molecule has 0 aliphatic rings. The number of anilines is 1. The second kappa shape index (κ2) is 6.03. The second-order valence-corrected chi connectivity index (χ2v) is 4.48. The van der Waals surface area contributed by atoms with Crippen molar-refractivity contribution in [3.63, 3.8) is 0 Å². The molecule has 0 radical (unpaired) electrons. The Morgan fingerprint density at radius 1 is 1.29 bits per heavy atom. The number of hydrogen-bond donors (Lipinski definition) is 1. The first-order valence-electron chi connectivity index (χ1n) is 5.76. The zero-order chi connectivity index (χ0) is 15.4. The fraction of sp³-hybridized carbons (Fsp3) is 0. The Morgan fingerprint density at radius 2 is 2.05 bits per heavy atom. The van der Waals surface area contributed by atoms with Crippen molar-refractivity contribution < 1.29 is 9.72 Å². The molecule has 0 saturated heterocycles. The molecule has 0 unspecified atom stereocenters. The van der Waals surface area contributed by atoms with Crippen LogP contribution >= 0.6 is 11.6 Å². The smallest absolute Gasteiger partial charge is 0.271 e. The molecule has 2 rings (SSSR count). The van der Waals surface area contributed by atoms with E-state index in [0.29, 0.717) is 11.1 Å². The summed E-state index contributed by atoms with van der Waals surface area (Å²) in [7, 11) is 0. The molecule has 7 heteroatoms. The van der Waals surface area contributed by atoms with Crippen LogP contribution in [0, 0.1) is 21.4 Å². The van der Waals surface area contributed by atoms with Gasteiger partial charge < -0.3 is 5.32 Å². The summed E-state index contributed by atoms with van der Waals surface area (Å²) in [5, 5.41) is 22.0. The lowest BCUT2D eigenvalue weighted by atomic mass is 10.1. The maximum absolute atomic E-state index is 12.0. The first kappa shape index (κ1) is 14.5. The number of carbonyl (C=O) groups is 1. The van der Waals surface area contributed by atoms with E-state index in [2.05, 4.69) is 5.32 Å². The van der Waals surface area contributed by atoms with Gasteiger partial charge in [-0.25, -0.2) is 0 Å². The third-order valence-corrected chi connectivity index (χ3v) is 2.98. The highest BCUT2D eigenvalue weighted by Gasteiger charge is 2.12. The first-order chi connectivity index (χ1) is 10.0. The van der Waals surface area contributed by atoms with Gasteiger partial charge in [-0.1, -0.05) is 17.7 Å². The Kier molecular flexibility index (Phi) is 4.16. The van der Waals surface area contributed by atoms with E-state index in [-0.39, 0.29) is 16.4 Å². The highest BCUT2D eigenvalue weighted by atomic mass is 35.5. The average molecular weight is 302 g/mol. The van der Waals surface area contributed by atoms with E-state index in [1.54, 1.807) is 18.2 Å². The van der Waals surface area contributed by atoms with Crippen molar-refractivity contribution >= 4 is 28.9 Å². The van der Waals surface area contributed by atoms with Crippen LogP contribution in [0.25, 0.3) is 0 Å². The molecule has 1 N–H and O–H groups in total. The SMILES string of the molecule is N#Cc1cccc(C(=O)Nc2ccc([N+](=O)[O-])cc2Cl)c1. The number of nitriles is 1. The highest BCUT2D eigenvalue weighted by molar-refractivity contribution is 6.34. The fourth-order valence-corrected chi connectivity index (χ4v) is 1.87. The number of hydrogen-bond acceptors (Lipinski definition) is 4. The fourth-order valence-electron chi connectivity index (χ4n) is 1.64. The van der Waals surface area contributed by atoms with Crippen LogP contribution in [0.2, 0.25) is 5.02 Å². The van der Waals surface area contributed by atoms with Crippen molar-refractivity contribution in [1.82, 2.24) is 0 Å². The van der Waals surface area contributed by atoms with E-state index in [1.807, 2.05) is 6.07 Å². The number of non-ortho nitro benzene ring substituents is 1. The largest absolute Gasteiger partial charge is 0.321 e. The molecule has 0 fully saturated rings. The zero-order valence-electron chi connectivity index (χ0n) is 10.5. The number of nitro groups is 1. The molecular formula is C14H8ClN3O3. The lowest BCUT2D eigenvalue weighted by molar-refractivity contribution is -0.384. The van der Waals surface area contributed by atoms with E-state index < -0.39 is 10.8 Å². The molecule has 1 amide bonds. The van der Waals surface area contributed by atoms with Crippen LogP contribution in [0.3, 0.4) is 0 Å². The van der Waals surface area contributed by atoms with Gasteiger partial charge in [0, 0.05) is 17.7 Å². The van der Waals surface area contributed by atoms with E-state index in [9.17, 15) is 14.9 Å². The molecule has 0 aromatic heterocycles. The van der Waals surface area contributed by atoms with E-state index in [4.69, 9.17) is 16.9 Å². The minimum atomic E-state index is -0.576. The Hall–Kier alpha value is -2.91. The molecule has 0 heterocycles. The van der Waals surface area contributed by atoms with Gasteiger partial charge in [-0.15, -0.1) is 0 Å². The Balaban J connectivity index is 2.23. The second-order valence-electron chi connectivity index (χ2n) is 4.07. The van der Waals surface area contributed by atoms with Crippen molar-refractivity contribution in [1.29, 1.82) is 5.26 Å². The predicted molar refractivity (Wildman–Crippen MR) is 77.2 cm³/mol. The van der Waals surface area contributed by atoms with Gasteiger partial charge in [0.1, 0.15) is 0 Å². The molecule has 0 bridgehead atoms. The molecular weight excluding hydrogens is 294 g/mol. The molecule has 2 aromatic rings. The molecule has 0 aliphatic carbocycles. The molecule has 0 aliphatic heterocycles. The number of rotatable bonds is 3. The van der Waals surface area contributed by atoms with Gasteiger partial charge in [0.05, 0.1) is 27.3 Å². The van der Waals surface area contributed by atoms with Crippen LogP contribution in [-0.2, 0) is 0 Å². The van der Waals surface area contributed by atoms with E-state index >= 15 is 0 Å². The van der Waals surface area contributed by atoms with Gasteiger partial charge in [0.15, 0.2) is 0 Å². The summed E-state index contributed by atoms with van der Waals surface area (Å²) in [4.78, 5) is 22.1. The quantitative estimate of drug-likeness (QED) is 0.694. The average Bonchev–Trinajstić information content (AvgIpc) is 2.49. The number of nitro benzene ring substituents is 1. The molecule has 104 valence electrons. The normalized spacial score (nSPS) is 9.71. The summed E-state index contributed by atoms with van der Waals surface area (Å²) in [6, 6.07) is 11.8. The molecule has 21 heavy (non-hydrogen) atoms. The number of amides is 1. The van der Waals surface area contributed by atoms with Crippen LogP contribution in [0.1, 0.15) is 15.9 Å². The summed E-state index contributed by atoms with van der Waals surface area (Å²) in [6.45, 7) is 0. The highest BCUT2D eigenvalue weighted by Crippen LogP contribution is 2.27. The number of carbonyl (C=O) groups excluding carboxylic acids is 1. The standard InChI is InChI=1S/C14H8ClN3O3/c15-12-7-11(18(20)21)4-5-13(12)17-14(19)10-3-1-2-9(6-10)8-16/h1-7H,(H,17,19). The van der Waals surface area contributed by atoms with Crippen molar-refractivity contribution in [2.75, 3.05) is 5.32 Å². The van der Waals surface area contributed by atoms with Crippen molar-refractivity contribution in [2.45, 2.75) is 0 Å². The van der Waals surface area contributed by atoms with Gasteiger partial charge in [0.25, 0.3) is 11.6 Å². The summed E-state index contributed by atoms with van der Waals surface area (Å²) in [6.07, 6.45) is 0. The third kappa shape index (κ3) is 3.35. The maximum Gasteiger partial charge on any atom is 0.271 e. The van der Waals surface area contributed by atoms with Crippen molar-refractivity contribution in [3.8, 4) is 6.07 Å². The maximum atomic E-state index is 12.0. The lowest BCUT2D eigenvalue weighted by Crippen LogP contribution is -2.12. The summed E-state index contributed by atoms with van der Waals surface area (Å²) < 4.78 is 0. The first-order valence-corrected chi connectivity index (χ1v) is 6.14. The van der Waals surface area contributed by atoms with Crippen LogP contribution in [0.5, 0.6) is 0 Å². The molecule has 2 aromatic carbocycles. The van der Waals surface area contributed by atoms with Gasteiger partial charge in [-0.3, -0.25) is 14.9 Å². The summed E-state index contributed by atoms with van der Waals surface area (Å²) in [5.41, 5.74) is 0.750. The molecule has 0 saturated carbocycles. The van der Waals surface area contributed by atoms with Crippen LogP contribution in [0.4, 0.5) is 11.4 Å². The lowest BCUT2D eigenvalue weighted by Gasteiger charge is -2.07.